The van der Waals surface area contributed by atoms with Crippen LogP contribution in [0.2, 0.25) is 0 Å². The van der Waals surface area contributed by atoms with E-state index in [-0.39, 0.29) is 31.0 Å². The molecule has 0 unspecified atom stereocenters. The molecular weight excluding hydrogens is 500 g/mol. The number of benzene rings is 4. The third-order valence-corrected chi connectivity index (χ3v) is 6.38. The number of amides is 2. The summed E-state index contributed by atoms with van der Waals surface area (Å²) in [6.07, 6.45) is 0. The molecule has 1 atom stereocenters. The Balaban J connectivity index is 1.50. The van der Waals surface area contributed by atoms with Gasteiger partial charge in [0.2, 0.25) is 11.8 Å². The molecule has 196 valence electrons. The van der Waals surface area contributed by atoms with Crippen molar-refractivity contribution < 1.29 is 18.4 Å². The largest absolute Gasteiger partial charge is 0.350 e. The summed E-state index contributed by atoms with van der Waals surface area (Å²) >= 11 is 0. The molecule has 0 radical (unpaired) electrons. The van der Waals surface area contributed by atoms with Crippen molar-refractivity contribution in [1.82, 2.24) is 25.2 Å². The van der Waals surface area contributed by atoms with Gasteiger partial charge in [-0.1, -0.05) is 78.0 Å². The molecule has 0 saturated heterocycles. The number of fused-ring (bicyclic) bond motifs is 1. The molecule has 0 aliphatic carbocycles. The number of nitrogens with one attached hydrogen (secondary N) is 1. The van der Waals surface area contributed by atoms with E-state index in [9.17, 15) is 18.4 Å². The predicted molar refractivity (Wildman–Crippen MR) is 142 cm³/mol. The summed E-state index contributed by atoms with van der Waals surface area (Å²) in [4.78, 5) is 29.0. The Kier molecular flexibility index (Phi) is 7.68. The van der Waals surface area contributed by atoms with Gasteiger partial charge < -0.3 is 10.2 Å². The summed E-state index contributed by atoms with van der Waals surface area (Å²) in [5, 5.41) is 11.1. The Hall–Kier alpha value is -4.92. The number of hydrogen-bond acceptors (Lipinski definition) is 4. The van der Waals surface area contributed by atoms with Crippen molar-refractivity contribution in [1.29, 1.82) is 0 Å². The van der Waals surface area contributed by atoms with Gasteiger partial charge in [-0.2, -0.15) is 0 Å². The molecule has 0 bridgehead atoms. The SMILES string of the molecule is O=C(NCc1ccc(F)cc1)[C@@H](c1ccccc1)N(Cc1ccccc1F)C(=O)Cn1nnc2ccccc21. The highest BCUT2D eigenvalue weighted by atomic mass is 19.1. The van der Waals surface area contributed by atoms with Crippen LogP contribution in [0.25, 0.3) is 11.0 Å². The molecule has 1 aromatic heterocycles. The lowest BCUT2D eigenvalue weighted by Gasteiger charge is -2.31. The summed E-state index contributed by atoms with van der Waals surface area (Å²) in [5.74, 6) is -1.77. The van der Waals surface area contributed by atoms with E-state index in [1.807, 2.05) is 18.2 Å². The second-order valence-electron chi connectivity index (χ2n) is 9.01. The number of aromatic nitrogens is 3. The molecule has 1 N–H and O–H groups in total. The third kappa shape index (κ3) is 5.98. The maximum Gasteiger partial charge on any atom is 0.247 e. The minimum absolute atomic E-state index is 0.123. The molecule has 4 aromatic carbocycles. The smallest absolute Gasteiger partial charge is 0.247 e. The molecule has 0 aliphatic heterocycles. The van der Waals surface area contributed by atoms with E-state index in [0.717, 1.165) is 0 Å². The highest BCUT2D eigenvalue weighted by Gasteiger charge is 2.32. The van der Waals surface area contributed by atoms with Crippen molar-refractivity contribution in [2.24, 2.45) is 0 Å². The topological polar surface area (TPSA) is 80.1 Å². The van der Waals surface area contributed by atoms with Crippen LogP contribution >= 0.6 is 0 Å². The van der Waals surface area contributed by atoms with Crippen molar-refractivity contribution in [3.63, 3.8) is 0 Å². The van der Waals surface area contributed by atoms with Gasteiger partial charge in [0.15, 0.2) is 0 Å². The van der Waals surface area contributed by atoms with E-state index in [1.165, 1.54) is 27.8 Å². The van der Waals surface area contributed by atoms with Crippen molar-refractivity contribution in [2.75, 3.05) is 0 Å². The van der Waals surface area contributed by atoms with Crippen LogP contribution in [-0.2, 0) is 29.2 Å². The molecule has 0 spiro atoms. The Morgan fingerprint density at radius 1 is 0.846 bits per heavy atom. The molecule has 9 heteroatoms. The van der Waals surface area contributed by atoms with Gasteiger partial charge in [0.1, 0.15) is 29.7 Å². The lowest BCUT2D eigenvalue weighted by Crippen LogP contribution is -2.44. The summed E-state index contributed by atoms with van der Waals surface area (Å²) in [7, 11) is 0. The number of carbonyl (C=O) groups is 2. The molecular formula is C30H25F2N5O2. The van der Waals surface area contributed by atoms with Crippen LogP contribution in [0, 0.1) is 11.6 Å². The number of nitrogens with zero attached hydrogens (tertiary/aromatic N) is 4. The van der Waals surface area contributed by atoms with Crippen LogP contribution in [0.4, 0.5) is 8.78 Å². The normalized spacial score (nSPS) is 11.7. The average molecular weight is 526 g/mol. The summed E-state index contributed by atoms with van der Waals surface area (Å²) in [6.45, 7) is -0.233. The van der Waals surface area contributed by atoms with Gasteiger partial charge in [0, 0.05) is 18.7 Å². The molecule has 0 fully saturated rings. The summed E-state index contributed by atoms with van der Waals surface area (Å²) in [6, 6.07) is 26.9. The van der Waals surface area contributed by atoms with Crippen molar-refractivity contribution in [3.05, 3.63) is 131 Å². The molecule has 5 aromatic rings. The fourth-order valence-corrected chi connectivity index (χ4v) is 4.38. The van der Waals surface area contributed by atoms with Crippen molar-refractivity contribution in [2.45, 2.75) is 25.7 Å². The first-order valence-corrected chi connectivity index (χ1v) is 12.4. The zero-order chi connectivity index (χ0) is 27.2. The summed E-state index contributed by atoms with van der Waals surface area (Å²) in [5.41, 5.74) is 2.80. The fraction of sp³-hybridized carbons (Fsp3) is 0.133. The molecule has 39 heavy (non-hydrogen) atoms. The minimum Gasteiger partial charge on any atom is -0.350 e. The lowest BCUT2D eigenvalue weighted by molar-refractivity contribution is -0.142. The Morgan fingerprint density at radius 3 is 2.31 bits per heavy atom. The zero-order valence-electron chi connectivity index (χ0n) is 20.9. The van der Waals surface area contributed by atoms with Crippen LogP contribution in [0.15, 0.2) is 103 Å². The lowest BCUT2D eigenvalue weighted by atomic mass is 10.0. The van der Waals surface area contributed by atoms with Gasteiger partial charge in [0.05, 0.1) is 5.52 Å². The van der Waals surface area contributed by atoms with Crippen LogP contribution in [0.1, 0.15) is 22.7 Å². The molecule has 2 amide bonds. The molecule has 5 rings (SSSR count). The molecule has 1 heterocycles. The first kappa shape index (κ1) is 25.7. The zero-order valence-corrected chi connectivity index (χ0v) is 20.9. The van der Waals surface area contributed by atoms with Crippen LogP contribution in [0.5, 0.6) is 0 Å². The number of halogens is 2. The average Bonchev–Trinajstić information content (AvgIpc) is 3.36. The maximum absolute atomic E-state index is 14.8. The maximum atomic E-state index is 14.8. The highest BCUT2D eigenvalue weighted by Crippen LogP contribution is 2.26. The monoisotopic (exact) mass is 525 g/mol. The quantitative estimate of drug-likeness (QED) is 0.300. The standard InChI is InChI=1S/C30H25F2N5O2/c31-24-16-14-21(15-17-24)18-33-30(39)29(22-8-2-1-3-9-22)36(19-23-10-4-5-11-25(23)32)28(38)20-37-27-13-7-6-12-26(27)34-35-37/h1-17,29H,18-20H2,(H,33,39)/t29-/m1/s1. The van der Waals surface area contributed by atoms with E-state index >= 15 is 0 Å². The minimum atomic E-state index is -1.08. The van der Waals surface area contributed by atoms with E-state index in [1.54, 1.807) is 66.7 Å². The fourth-order valence-electron chi connectivity index (χ4n) is 4.38. The number of hydrogen-bond donors (Lipinski definition) is 1. The van der Waals surface area contributed by atoms with E-state index in [0.29, 0.717) is 22.2 Å². The summed E-state index contributed by atoms with van der Waals surface area (Å²) < 4.78 is 29.6. The number of carbonyl (C=O) groups excluding carboxylic acids is 2. The van der Waals surface area contributed by atoms with E-state index in [2.05, 4.69) is 15.6 Å². The van der Waals surface area contributed by atoms with E-state index in [4.69, 9.17) is 0 Å². The predicted octanol–water partition coefficient (Wildman–Crippen LogP) is 4.80. The van der Waals surface area contributed by atoms with Crippen LogP contribution in [0.3, 0.4) is 0 Å². The van der Waals surface area contributed by atoms with Gasteiger partial charge >= 0.3 is 0 Å². The van der Waals surface area contributed by atoms with Crippen molar-refractivity contribution >= 4 is 22.8 Å². The van der Waals surface area contributed by atoms with Gasteiger partial charge in [0.25, 0.3) is 0 Å². The van der Waals surface area contributed by atoms with Crippen LogP contribution < -0.4 is 5.32 Å². The van der Waals surface area contributed by atoms with E-state index < -0.39 is 23.7 Å². The molecule has 7 nitrogen and oxygen atoms in total. The second-order valence-corrected chi connectivity index (χ2v) is 9.01. The molecule has 0 saturated carbocycles. The Labute approximate surface area is 223 Å². The first-order valence-electron chi connectivity index (χ1n) is 12.4. The Morgan fingerprint density at radius 2 is 1.54 bits per heavy atom. The van der Waals surface area contributed by atoms with Gasteiger partial charge in [-0.25, -0.2) is 13.5 Å². The van der Waals surface area contributed by atoms with Crippen molar-refractivity contribution in [3.8, 4) is 0 Å². The third-order valence-electron chi connectivity index (χ3n) is 6.38. The van der Waals surface area contributed by atoms with Gasteiger partial charge in [-0.3, -0.25) is 9.59 Å². The first-order chi connectivity index (χ1) is 19.0. The van der Waals surface area contributed by atoms with Gasteiger partial charge in [-0.05, 0) is 41.5 Å². The Bertz CT molecular complexity index is 1590. The number of para-hydroxylation sites is 1. The van der Waals surface area contributed by atoms with Gasteiger partial charge in [-0.15, -0.1) is 5.10 Å². The highest BCUT2D eigenvalue weighted by molar-refractivity contribution is 5.89. The molecule has 0 aliphatic rings. The number of rotatable bonds is 9. The second kappa shape index (κ2) is 11.6. The van der Waals surface area contributed by atoms with Crippen LogP contribution in [-0.4, -0.2) is 31.7 Å².